The number of ketones is 1. The molecule has 0 saturated heterocycles. The fraction of sp³-hybridized carbons (Fsp3) is 0.333. The van der Waals surface area contributed by atoms with E-state index in [2.05, 4.69) is 0 Å². The van der Waals surface area contributed by atoms with Gasteiger partial charge in [0.05, 0.1) is 6.61 Å². The quantitative estimate of drug-likeness (QED) is 0.627. The second-order valence-corrected chi connectivity index (χ2v) is 5.28. The summed E-state index contributed by atoms with van der Waals surface area (Å²) < 4.78 is 6.93. The Balaban J connectivity index is 2.39. The molecule has 0 aliphatic carbocycles. The van der Waals surface area contributed by atoms with Crippen molar-refractivity contribution in [3.8, 4) is 0 Å². The highest BCUT2D eigenvalue weighted by atomic mass is 16.5. The number of carbonyl (C=O) groups is 2. The molecule has 0 N–H and O–H groups in total. The van der Waals surface area contributed by atoms with Crippen LogP contribution in [0.2, 0.25) is 0 Å². The van der Waals surface area contributed by atoms with Crippen LogP contribution in [0.3, 0.4) is 0 Å². The van der Waals surface area contributed by atoms with Crippen molar-refractivity contribution < 1.29 is 14.3 Å². The lowest BCUT2D eigenvalue weighted by molar-refractivity contribution is -0.146. The van der Waals surface area contributed by atoms with E-state index in [4.69, 9.17) is 4.74 Å². The number of esters is 1. The zero-order chi connectivity index (χ0) is 16.3. The molecule has 1 aromatic carbocycles. The SMILES string of the molecule is CCOC(=O)C(C)n1c(C)cc(C(=O)c2ccccc2)c1C. The van der Waals surface area contributed by atoms with Gasteiger partial charge in [-0.05, 0) is 33.8 Å². The van der Waals surface area contributed by atoms with E-state index in [1.165, 1.54) is 0 Å². The minimum atomic E-state index is -0.447. The minimum absolute atomic E-state index is 0.0315. The largest absolute Gasteiger partial charge is 0.464 e. The van der Waals surface area contributed by atoms with Crippen molar-refractivity contribution in [3.05, 3.63) is 58.9 Å². The maximum atomic E-state index is 12.6. The Morgan fingerprint density at radius 2 is 1.82 bits per heavy atom. The van der Waals surface area contributed by atoms with Crippen molar-refractivity contribution in [3.63, 3.8) is 0 Å². The molecule has 0 aliphatic rings. The summed E-state index contributed by atoms with van der Waals surface area (Å²) >= 11 is 0. The number of aryl methyl sites for hydroxylation is 1. The molecule has 1 aromatic heterocycles. The van der Waals surface area contributed by atoms with Crippen molar-refractivity contribution in [2.24, 2.45) is 0 Å². The summed E-state index contributed by atoms with van der Waals surface area (Å²) in [5.41, 5.74) is 2.93. The summed E-state index contributed by atoms with van der Waals surface area (Å²) in [5, 5.41) is 0. The molecule has 0 spiro atoms. The molecular weight excluding hydrogens is 278 g/mol. The van der Waals surface area contributed by atoms with Gasteiger partial charge in [0.15, 0.2) is 5.78 Å². The monoisotopic (exact) mass is 299 g/mol. The molecule has 0 bridgehead atoms. The van der Waals surface area contributed by atoms with Gasteiger partial charge in [-0.15, -0.1) is 0 Å². The van der Waals surface area contributed by atoms with Gasteiger partial charge in [-0.1, -0.05) is 30.3 Å². The van der Waals surface area contributed by atoms with Crippen LogP contribution in [0.15, 0.2) is 36.4 Å². The topological polar surface area (TPSA) is 48.3 Å². The maximum Gasteiger partial charge on any atom is 0.328 e. The molecule has 1 atom stereocenters. The van der Waals surface area contributed by atoms with E-state index < -0.39 is 6.04 Å². The first kappa shape index (κ1) is 16.0. The van der Waals surface area contributed by atoms with Crippen LogP contribution >= 0.6 is 0 Å². The lowest BCUT2D eigenvalue weighted by Crippen LogP contribution is -2.21. The molecule has 22 heavy (non-hydrogen) atoms. The number of aromatic nitrogens is 1. The van der Waals surface area contributed by atoms with Crippen molar-refractivity contribution in [2.75, 3.05) is 6.61 Å². The van der Waals surface area contributed by atoms with Crippen molar-refractivity contribution in [2.45, 2.75) is 33.7 Å². The van der Waals surface area contributed by atoms with Crippen LogP contribution in [-0.4, -0.2) is 22.9 Å². The van der Waals surface area contributed by atoms with Crippen molar-refractivity contribution >= 4 is 11.8 Å². The first-order valence-corrected chi connectivity index (χ1v) is 7.42. The second kappa shape index (κ2) is 6.60. The van der Waals surface area contributed by atoms with Gasteiger partial charge in [0.1, 0.15) is 6.04 Å². The predicted octanol–water partition coefficient (Wildman–Crippen LogP) is 3.46. The van der Waals surface area contributed by atoms with E-state index in [9.17, 15) is 9.59 Å². The number of carbonyl (C=O) groups excluding carboxylic acids is 2. The van der Waals surface area contributed by atoms with Gasteiger partial charge in [0.2, 0.25) is 0 Å². The number of nitrogens with zero attached hydrogens (tertiary/aromatic N) is 1. The molecule has 0 radical (unpaired) electrons. The third-order valence-electron chi connectivity index (χ3n) is 3.78. The Hall–Kier alpha value is -2.36. The summed E-state index contributed by atoms with van der Waals surface area (Å²) in [6, 6.07) is 10.5. The van der Waals surface area contributed by atoms with Gasteiger partial charge < -0.3 is 9.30 Å². The van der Waals surface area contributed by atoms with Crippen LogP contribution in [0.1, 0.15) is 47.2 Å². The second-order valence-electron chi connectivity index (χ2n) is 5.28. The highest BCUT2D eigenvalue weighted by Crippen LogP contribution is 2.23. The molecule has 1 unspecified atom stereocenters. The number of rotatable bonds is 5. The molecule has 0 fully saturated rings. The van der Waals surface area contributed by atoms with Gasteiger partial charge in [-0.25, -0.2) is 4.79 Å². The molecule has 2 aromatic rings. The van der Waals surface area contributed by atoms with Gasteiger partial charge in [-0.3, -0.25) is 4.79 Å². The van der Waals surface area contributed by atoms with Crippen molar-refractivity contribution in [1.82, 2.24) is 4.57 Å². The smallest absolute Gasteiger partial charge is 0.328 e. The Morgan fingerprint density at radius 1 is 1.18 bits per heavy atom. The van der Waals surface area contributed by atoms with Crippen LogP contribution in [0, 0.1) is 13.8 Å². The number of hydrogen-bond donors (Lipinski definition) is 0. The van der Waals surface area contributed by atoms with E-state index in [-0.39, 0.29) is 11.8 Å². The summed E-state index contributed by atoms with van der Waals surface area (Å²) in [4.78, 5) is 24.6. The lowest BCUT2D eigenvalue weighted by Gasteiger charge is -2.17. The number of benzene rings is 1. The Labute approximate surface area is 130 Å². The highest BCUT2D eigenvalue weighted by Gasteiger charge is 2.23. The normalized spacial score (nSPS) is 12.0. The standard InChI is InChI=1S/C18H21NO3/c1-5-22-18(21)14(4)19-12(2)11-16(13(19)3)17(20)15-9-7-6-8-10-15/h6-11,14H,5H2,1-4H3. The fourth-order valence-corrected chi connectivity index (χ4v) is 2.72. The van der Waals surface area contributed by atoms with E-state index >= 15 is 0 Å². The zero-order valence-electron chi connectivity index (χ0n) is 13.4. The average Bonchev–Trinajstić information content (AvgIpc) is 2.81. The molecule has 0 amide bonds. The van der Waals surface area contributed by atoms with Crippen LogP contribution in [-0.2, 0) is 9.53 Å². The molecular formula is C18H21NO3. The average molecular weight is 299 g/mol. The van der Waals surface area contributed by atoms with Gasteiger partial charge >= 0.3 is 5.97 Å². The molecule has 0 saturated carbocycles. The molecule has 116 valence electrons. The third kappa shape index (κ3) is 2.96. The third-order valence-corrected chi connectivity index (χ3v) is 3.78. The van der Waals surface area contributed by atoms with Gasteiger partial charge in [-0.2, -0.15) is 0 Å². The van der Waals surface area contributed by atoms with E-state index in [1.807, 2.05) is 42.7 Å². The van der Waals surface area contributed by atoms with Crippen LogP contribution in [0.4, 0.5) is 0 Å². The lowest BCUT2D eigenvalue weighted by atomic mass is 10.0. The summed E-state index contributed by atoms with van der Waals surface area (Å²) in [6.07, 6.45) is 0. The fourth-order valence-electron chi connectivity index (χ4n) is 2.72. The predicted molar refractivity (Wildman–Crippen MR) is 85.1 cm³/mol. The summed E-state index contributed by atoms with van der Waals surface area (Å²) in [6.45, 7) is 7.67. The first-order valence-electron chi connectivity index (χ1n) is 7.42. The highest BCUT2D eigenvalue weighted by molar-refractivity contribution is 6.10. The van der Waals surface area contributed by atoms with Gasteiger partial charge in [0, 0.05) is 22.5 Å². The molecule has 4 heteroatoms. The summed E-state index contributed by atoms with van der Waals surface area (Å²) in [5.74, 6) is -0.320. The van der Waals surface area contributed by atoms with Crippen molar-refractivity contribution in [1.29, 1.82) is 0 Å². The maximum absolute atomic E-state index is 12.6. The van der Waals surface area contributed by atoms with E-state index in [0.29, 0.717) is 17.7 Å². The Morgan fingerprint density at radius 3 is 2.41 bits per heavy atom. The van der Waals surface area contributed by atoms with E-state index in [1.54, 1.807) is 26.0 Å². The number of ether oxygens (including phenoxy) is 1. The number of hydrogen-bond acceptors (Lipinski definition) is 3. The van der Waals surface area contributed by atoms with Crippen LogP contribution in [0.25, 0.3) is 0 Å². The first-order chi connectivity index (χ1) is 10.5. The minimum Gasteiger partial charge on any atom is -0.464 e. The Bertz CT molecular complexity index is 686. The zero-order valence-corrected chi connectivity index (χ0v) is 13.4. The molecule has 1 heterocycles. The van der Waals surface area contributed by atoms with E-state index in [0.717, 1.165) is 11.4 Å². The Kier molecular flexibility index (Phi) is 4.81. The molecule has 4 nitrogen and oxygen atoms in total. The van der Waals surface area contributed by atoms with Crippen LogP contribution < -0.4 is 0 Å². The molecule has 0 aliphatic heterocycles. The van der Waals surface area contributed by atoms with Gasteiger partial charge in [0.25, 0.3) is 0 Å². The van der Waals surface area contributed by atoms with Crippen LogP contribution in [0.5, 0.6) is 0 Å². The summed E-state index contributed by atoms with van der Waals surface area (Å²) in [7, 11) is 0. The molecule has 2 rings (SSSR count).